The third-order valence-corrected chi connectivity index (χ3v) is 3.96. The van der Waals surface area contributed by atoms with Crippen LogP contribution in [0.15, 0.2) is 0 Å². The zero-order valence-electron chi connectivity index (χ0n) is 10.8. The molecule has 0 amide bonds. The summed E-state index contributed by atoms with van der Waals surface area (Å²) >= 11 is 0. The standard InChI is InChI=1S/C12H18N4O2/c1-17-11-13-10(14-12(15-11)18-2)16-6-8-4-3-5-9(8)7-16/h8-9H,3-7H2,1-2H3. The van der Waals surface area contributed by atoms with Gasteiger partial charge in [0.05, 0.1) is 14.2 Å². The first-order chi connectivity index (χ1) is 8.80. The summed E-state index contributed by atoms with van der Waals surface area (Å²) in [5.74, 6) is 2.28. The van der Waals surface area contributed by atoms with Gasteiger partial charge in [-0.25, -0.2) is 0 Å². The largest absolute Gasteiger partial charge is 0.467 e. The zero-order valence-corrected chi connectivity index (χ0v) is 10.8. The average molecular weight is 250 g/mol. The lowest BCUT2D eigenvalue weighted by Crippen LogP contribution is -2.23. The molecule has 1 aromatic rings. The third-order valence-electron chi connectivity index (χ3n) is 3.96. The summed E-state index contributed by atoms with van der Waals surface area (Å²) in [5.41, 5.74) is 0. The maximum absolute atomic E-state index is 5.08. The molecule has 0 aromatic carbocycles. The van der Waals surface area contributed by atoms with E-state index in [0.717, 1.165) is 24.9 Å². The van der Waals surface area contributed by atoms with Gasteiger partial charge in [-0.15, -0.1) is 4.98 Å². The highest BCUT2D eigenvalue weighted by molar-refractivity contribution is 5.34. The van der Waals surface area contributed by atoms with Crippen LogP contribution < -0.4 is 14.4 Å². The van der Waals surface area contributed by atoms with Gasteiger partial charge in [-0.1, -0.05) is 6.42 Å². The van der Waals surface area contributed by atoms with Crippen molar-refractivity contribution in [1.29, 1.82) is 0 Å². The van der Waals surface area contributed by atoms with E-state index in [4.69, 9.17) is 9.47 Å². The minimum Gasteiger partial charge on any atom is -0.467 e. The second-order valence-corrected chi connectivity index (χ2v) is 4.96. The summed E-state index contributed by atoms with van der Waals surface area (Å²) in [7, 11) is 3.11. The van der Waals surface area contributed by atoms with Crippen molar-refractivity contribution < 1.29 is 9.47 Å². The molecule has 1 aromatic heterocycles. The van der Waals surface area contributed by atoms with Crippen molar-refractivity contribution >= 4 is 5.95 Å². The molecule has 0 spiro atoms. The average Bonchev–Trinajstić information content (AvgIpc) is 2.98. The molecular weight excluding hydrogens is 232 g/mol. The molecule has 0 N–H and O–H groups in total. The van der Waals surface area contributed by atoms with Crippen LogP contribution >= 0.6 is 0 Å². The fraction of sp³-hybridized carbons (Fsp3) is 0.750. The maximum atomic E-state index is 5.08. The van der Waals surface area contributed by atoms with Crippen LogP contribution in [-0.2, 0) is 0 Å². The molecule has 3 rings (SSSR count). The van der Waals surface area contributed by atoms with E-state index in [1.807, 2.05) is 0 Å². The van der Waals surface area contributed by atoms with Crippen LogP contribution in [0.2, 0.25) is 0 Å². The minimum atomic E-state index is 0.314. The number of anilines is 1. The summed E-state index contributed by atoms with van der Waals surface area (Å²) < 4.78 is 10.2. The van der Waals surface area contributed by atoms with Crippen LogP contribution in [0.3, 0.4) is 0 Å². The minimum absolute atomic E-state index is 0.314. The monoisotopic (exact) mass is 250 g/mol. The zero-order chi connectivity index (χ0) is 12.5. The van der Waals surface area contributed by atoms with Crippen LogP contribution in [0.4, 0.5) is 5.95 Å². The van der Waals surface area contributed by atoms with E-state index in [1.54, 1.807) is 14.2 Å². The first-order valence-electron chi connectivity index (χ1n) is 6.39. The van der Waals surface area contributed by atoms with E-state index in [0.29, 0.717) is 18.0 Å². The molecule has 0 radical (unpaired) electrons. The van der Waals surface area contributed by atoms with Crippen molar-refractivity contribution in [3.8, 4) is 12.0 Å². The summed E-state index contributed by atoms with van der Waals surface area (Å²) in [6.45, 7) is 2.09. The van der Waals surface area contributed by atoms with Gasteiger partial charge in [0.15, 0.2) is 0 Å². The van der Waals surface area contributed by atoms with E-state index >= 15 is 0 Å². The van der Waals surface area contributed by atoms with Crippen molar-refractivity contribution in [1.82, 2.24) is 15.0 Å². The number of methoxy groups -OCH3 is 2. The second-order valence-electron chi connectivity index (χ2n) is 4.96. The van der Waals surface area contributed by atoms with Gasteiger partial charge in [-0.05, 0) is 24.7 Å². The van der Waals surface area contributed by atoms with Gasteiger partial charge in [0.25, 0.3) is 0 Å². The molecule has 6 nitrogen and oxygen atoms in total. The molecular formula is C12H18N4O2. The third kappa shape index (κ3) is 1.95. The number of ether oxygens (including phenoxy) is 2. The fourth-order valence-corrected chi connectivity index (χ4v) is 3.05. The molecule has 98 valence electrons. The smallest absolute Gasteiger partial charge is 0.324 e. The Morgan fingerprint density at radius 2 is 1.50 bits per heavy atom. The van der Waals surface area contributed by atoms with E-state index in [9.17, 15) is 0 Å². The van der Waals surface area contributed by atoms with Crippen molar-refractivity contribution in [2.75, 3.05) is 32.2 Å². The Morgan fingerprint density at radius 3 is 2.00 bits per heavy atom. The quantitative estimate of drug-likeness (QED) is 0.801. The van der Waals surface area contributed by atoms with E-state index in [2.05, 4.69) is 19.9 Å². The molecule has 2 heterocycles. The van der Waals surface area contributed by atoms with E-state index in [-0.39, 0.29) is 0 Å². The lowest BCUT2D eigenvalue weighted by molar-refractivity contribution is 0.340. The highest BCUT2D eigenvalue weighted by Crippen LogP contribution is 2.39. The fourth-order valence-electron chi connectivity index (χ4n) is 3.05. The first-order valence-corrected chi connectivity index (χ1v) is 6.39. The van der Waals surface area contributed by atoms with Crippen LogP contribution in [0.1, 0.15) is 19.3 Å². The van der Waals surface area contributed by atoms with E-state index < -0.39 is 0 Å². The number of nitrogens with zero attached hydrogens (tertiary/aromatic N) is 4. The van der Waals surface area contributed by atoms with E-state index in [1.165, 1.54) is 19.3 Å². The molecule has 2 fully saturated rings. The Balaban J connectivity index is 1.83. The van der Waals surface area contributed by atoms with Crippen molar-refractivity contribution in [3.63, 3.8) is 0 Å². The molecule has 2 unspecified atom stereocenters. The normalized spacial score (nSPS) is 26.2. The molecule has 1 saturated carbocycles. The van der Waals surface area contributed by atoms with Crippen LogP contribution in [-0.4, -0.2) is 42.3 Å². The summed E-state index contributed by atoms with van der Waals surface area (Å²) in [6.07, 6.45) is 4.04. The topological polar surface area (TPSA) is 60.4 Å². The molecule has 6 heteroatoms. The Bertz CT molecular complexity index is 406. The lowest BCUT2D eigenvalue weighted by atomic mass is 10.0. The van der Waals surface area contributed by atoms with Gasteiger partial charge < -0.3 is 14.4 Å². The first kappa shape index (κ1) is 11.5. The molecule has 2 aliphatic rings. The van der Waals surface area contributed by atoms with Crippen LogP contribution in [0.5, 0.6) is 12.0 Å². The second kappa shape index (κ2) is 4.59. The summed E-state index contributed by atoms with van der Waals surface area (Å²) in [4.78, 5) is 14.9. The van der Waals surface area contributed by atoms with Crippen molar-refractivity contribution in [3.05, 3.63) is 0 Å². The summed E-state index contributed by atoms with van der Waals surface area (Å²) in [6, 6.07) is 0.628. The molecule has 1 aliphatic heterocycles. The molecule has 1 aliphatic carbocycles. The molecule has 0 bridgehead atoms. The van der Waals surface area contributed by atoms with Gasteiger partial charge in [-0.2, -0.15) is 9.97 Å². The maximum Gasteiger partial charge on any atom is 0.324 e. The van der Waals surface area contributed by atoms with Gasteiger partial charge in [0.1, 0.15) is 0 Å². The molecule has 1 saturated heterocycles. The summed E-state index contributed by atoms with van der Waals surface area (Å²) in [5, 5.41) is 0. The predicted octanol–water partition coefficient (Wildman–Crippen LogP) is 1.13. The Hall–Kier alpha value is -1.59. The highest BCUT2D eigenvalue weighted by atomic mass is 16.5. The Labute approximate surface area is 106 Å². The van der Waals surface area contributed by atoms with Crippen LogP contribution in [0.25, 0.3) is 0 Å². The van der Waals surface area contributed by atoms with Gasteiger partial charge in [0.2, 0.25) is 5.95 Å². The van der Waals surface area contributed by atoms with Crippen LogP contribution in [0, 0.1) is 11.8 Å². The number of aromatic nitrogens is 3. The van der Waals surface area contributed by atoms with Crippen molar-refractivity contribution in [2.45, 2.75) is 19.3 Å². The van der Waals surface area contributed by atoms with Gasteiger partial charge in [-0.3, -0.25) is 0 Å². The lowest BCUT2D eigenvalue weighted by Gasteiger charge is -2.17. The van der Waals surface area contributed by atoms with Gasteiger partial charge >= 0.3 is 12.0 Å². The molecule has 2 atom stereocenters. The number of rotatable bonds is 3. The van der Waals surface area contributed by atoms with Crippen molar-refractivity contribution in [2.24, 2.45) is 11.8 Å². The predicted molar refractivity (Wildman–Crippen MR) is 66.0 cm³/mol. The highest BCUT2D eigenvalue weighted by Gasteiger charge is 2.37. The number of fused-ring (bicyclic) bond motifs is 1. The SMILES string of the molecule is COc1nc(OC)nc(N2CC3CCCC3C2)n1. The Morgan fingerprint density at radius 1 is 0.944 bits per heavy atom. The number of hydrogen-bond acceptors (Lipinski definition) is 6. The Kier molecular flexibility index (Phi) is 2.93. The van der Waals surface area contributed by atoms with Gasteiger partial charge in [0, 0.05) is 13.1 Å². The number of hydrogen-bond donors (Lipinski definition) is 0. The molecule has 18 heavy (non-hydrogen) atoms.